The van der Waals surface area contributed by atoms with E-state index in [9.17, 15) is 4.79 Å². The molecular weight excluding hydrogens is 238 g/mol. The fourth-order valence-corrected chi connectivity index (χ4v) is 2.22. The Kier molecular flexibility index (Phi) is 3.88. The summed E-state index contributed by atoms with van der Waals surface area (Å²) < 4.78 is 1.99. The second kappa shape index (κ2) is 5.43. The molecule has 1 heterocycles. The molecule has 1 atom stereocenters. The van der Waals surface area contributed by atoms with Gasteiger partial charge in [-0.2, -0.15) is 0 Å². The minimum Gasteiger partial charge on any atom is -0.354 e. The molecule has 0 spiro atoms. The van der Waals surface area contributed by atoms with Gasteiger partial charge in [-0.05, 0) is 31.9 Å². The monoisotopic (exact) mass is 259 g/mol. The minimum atomic E-state index is -0.244. The lowest BCUT2D eigenvalue weighted by Crippen LogP contribution is -2.33. The Balaban J connectivity index is 2.28. The van der Waals surface area contributed by atoms with Crippen LogP contribution in [-0.4, -0.2) is 22.0 Å². The Hall–Kier alpha value is -1.84. The Bertz CT molecular complexity index is 586. The second-order valence-corrected chi connectivity index (χ2v) is 5.33. The van der Waals surface area contributed by atoms with E-state index >= 15 is 0 Å². The van der Waals surface area contributed by atoms with Crippen molar-refractivity contribution in [2.45, 2.75) is 33.7 Å². The van der Waals surface area contributed by atoms with Crippen LogP contribution in [0.15, 0.2) is 24.3 Å². The zero-order valence-corrected chi connectivity index (χ0v) is 12.0. The third-order valence-corrected chi connectivity index (χ3v) is 3.22. The fraction of sp³-hybridized carbons (Fsp3) is 0.467. The summed E-state index contributed by atoms with van der Waals surface area (Å²) in [6, 6.07) is 7.66. The van der Waals surface area contributed by atoms with E-state index in [2.05, 4.69) is 24.1 Å². The first-order chi connectivity index (χ1) is 9.00. The van der Waals surface area contributed by atoms with Crippen LogP contribution in [0.2, 0.25) is 0 Å². The SMILES string of the molecule is Cc1nc2ccccc2n1C(C)C(=O)NCC(C)C. The van der Waals surface area contributed by atoms with Crippen molar-refractivity contribution in [3.05, 3.63) is 30.1 Å². The normalized spacial score (nSPS) is 12.9. The van der Waals surface area contributed by atoms with Crippen molar-refractivity contribution in [1.82, 2.24) is 14.9 Å². The summed E-state index contributed by atoms with van der Waals surface area (Å²) in [5, 5.41) is 2.97. The van der Waals surface area contributed by atoms with E-state index in [1.807, 2.05) is 42.7 Å². The maximum atomic E-state index is 12.2. The fourth-order valence-electron chi connectivity index (χ4n) is 2.22. The average Bonchev–Trinajstić information content (AvgIpc) is 2.70. The van der Waals surface area contributed by atoms with Crippen molar-refractivity contribution in [2.24, 2.45) is 5.92 Å². The third-order valence-electron chi connectivity index (χ3n) is 3.22. The number of carbonyl (C=O) groups excluding carboxylic acids is 1. The number of hydrogen-bond acceptors (Lipinski definition) is 2. The topological polar surface area (TPSA) is 46.9 Å². The molecule has 1 amide bonds. The first kappa shape index (κ1) is 13.6. The van der Waals surface area contributed by atoms with Crippen molar-refractivity contribution >= 4 is 16.9 Å². The Morgan fingerprint density at radius 3 is 2.68 bits per heavy atom. The smallest absolute Gasteiger partial charge is 0.242 e. The molecule has 2 aromatic rings. The van der Waals surface area contributed by atoms with Crippen molar-refractivity contribution in [2.75, 3.05) is 6.54 Å². The lowest BCUT2D eigenvalue weighted by atomic mass is 10.2. The van der Waals surface area contributed by atoms with E-state index in [0.29, 0.717) is 12.5 Å². The quantitative estimate of drug-likeness (QED) is 0.917. The molecule has 102 valence electrons. The van der Waals surface area contributed by atoms with Crippen LogP contribution >= 0.6 is 0 Å². The van der Waals surface area contributed by atoms with Gasteiger partial charge in [0.05, 0.1) is 11.0 Å². The minimum absolute atomic E-state index is 0.0416. The molecule has 1 aromatic carbocycles. The standard InChI is InChI=1S/C15H21N3O/c1-10(2)9-16-15(19)11(3)18-12(4)17-13-7-5-6-8-14(13)18/h5-8,10-11H,9H2,1-4H3,(H,16,19). The van der Waals surface area contributed by atoms with Crippen LogP contribution < -0.4 is 5.32 Å². The predicted octanol–water partition coefficient (Wildman–Crippen LogP) is 2.68. The van der Waals surface area contributed by atoms with E-state index < -0.39 is 0 Å². The highest BCUT2D eigenvalue weighted by Crippen LogP contribution is 2.20. The van der Waals surface area contributed by atoms with Gasteiger partial charge in [-0.25, -0.2) is 4.98 Å². The highest BCUT2D eigenvalue weighted by Gasteiger charge is 2.19. The molecule has 0 aliphatic carbocycles. The van der Waals surface area contributed by atoms with Gasteiger partial charge in [0.25, 0.3) is 0 Å². The second-order valence-electron chi connectivity index (χ2n) is 5.33. The molecule has 0 bridgehead atoms. The summed E-state index contributed by atoms with van der Waals surface area (Å²) in [6.45, 7) is 8.73. The molecule has 0 fully saturated rings. The summed E-state index contributed by atoms with van der Waals surface area (Å²) in [6.07, 6.45) is 0. The highest BCUT2D eigenvalue weighted by molar-refractivity contribution is 5.84. The number of imidazole rings is 1. The van der Waals surface area contributed by atoms with Gasteiger partial charge in [0.1, 0.15) is 11.9 Å². The number of carbonyl (C=O) groups is 1. The number of nitrogens with one attached hydrogen (secondary N) is 1. The van der Waals surface area contributed by atoms with Crippen LogP contribution in [-0.2, 0) is 4.79 Å². The highest BCUT2D eigenvalue weighted by atomic mass is 16.2. The molecule has 0 radical (unpaired) electrons. The van der Waals surface area contributed by atoms with Crippen molar-refractivity contribution in [3.8, 4) is 0 Å². The number of aryl methyl sites for hydroxylation is 1. The Morgan fingerprint density at radius 2 is 2.00 bits per heavy atom. The number of para-hydroxylation sites is 2. The zero-order chi connectivity index (χ0) is 14.0. The van der Waals surface area contributed by atoms with Crippen molar-refractivity contribution in [1.29, 1.82) is 0 Å². The lowest BCUT2D eigenvalue weighted by molar-refractivity contribution is -0.123. The summed E-state index contributed by atoms with van der Waals surface area (Å²) >= 11 is 0. The maximum absolute atomic E-state index is 12.2. The van der Waals surface area contributed by atoms with Gasteiger partial charge in [-0.15, -0.1) is 0 Å². The summed E-state index contributed by atoms with van der Waals surface area (Å²) in [7, 11) is 0. The largest absolute Gasteiger partial charge is 0.354 e. The van der Waals surface area contributed by atoms with Gasteiger partial charge in [0.2, 0.25) is 5.91 Å². The third kappa shape index (κ3) is 2.78. The Morgan fingerprint density at radius 1 is 1.32 bits per heavy atom. The number of fused-ring (bicyclic) bond motifs is 1. The number of nitrogens with zero attached hydrogens (tertiary/aromatic N) is 2. The molecule has 0 aliphatic rings. The molecular formula is C15H21N3O. The van der Waals surface area contributed by atoms with Gasteiger partial charge in [0, 0.05) is 6.54 Å². The van der Waals surface area contributed by atoms with Crippen molar-refractivity contribution in [3.63, 3.8) is 0 Å². The number of benzene rings is 1. The molecule has 4 nitrogen and oxygen atoms in total. The molecule has 1 N–H and O–H groups in total. The summed E-state index contributed by atoms with van der Waals surface area (Å²) in [5.41, 5.74) is 1.94. The molecule has 2 rings (SSSR count). The number of aromatic nitrogens is 2. The molecule has 4 heteroatoms. The number of amides is 1. The summed E-state index contributed by atoms with van der Waals surface area (Å²) in [5.74, 6) is 1.37. The average molecular weight is 259 g/mol. The first-order valence-electron chi connectivity index (χ1n) is 6.72. The van der Waals surface area contributed by atoms with Crippen LogP contribution in [0, 0.1) is 12.8 Å². The van der Waals surface area contributed by atoms with Crippen LogP contribution in [0.25, 0.3) is 11.0 Å². The van der Waals surface area contributed by atoms with E-state index in [1.165, 1.54) is 0 Å². The summed E-state index contributed by atoms with van der Waals surface area (Å²) in [4.78, 5) is 16.7. The van der Waals surface area contributed by atoms with Crippen LogP contribution in [0.3, 0.4) is 0 Å². The van der Waals surface area contributed by atoms with E-state index in [4.69, 9.17) is 0 Å². The van der Waals surface area contributed by atoms with Gasteiger partial charge in [0.15, 0.2) is 0 Å². The van der Waals surface area contributed by atoms with E-state index in [0.717, 1.165) is 16.9 Å². The molecule has 0 saturated heterocycles. The van der Waals surface area contributed by atoms with Crippen molar-refractivity contribution < 1.29 is 4.79 Å². The predicted molar refractivity (Wildman–Crippen MR) is 77.0 cm³/mol. The van der Waals surface area contributed by atoms with Crippen LogP contribution in [0.1, 0.15) is 32.6 Å². The molecule has 0 aliphatic heterocycles. The van der Waals surface area contributed by atoms with Crippen LogP contribution in [0.5, 0.6) is 0 Å². The Labute approximate surface area is 113 Å². The zero-order valence-electron chi connectivity index (χ0n) is 12.0. The lowest BCUT2D eigenvalue weighted by Gasteiger charge is -2.17. The number of hydrogen-bond donors (Lipinski definition) is 1. The van der Waals surface area contributed by atoms with Gasteiger partial charge in [-0.1, -0.05) is 26.0 Å². The number of rotatable bonds is 4. The molecule has 19 heavy (non-hydrogen) atoms. The molecule has 1 unspecified atom stereocenters. The van der Waals surface area contributed by atoms with Gasteiger partial charge < -0.3 is 9.88 Å². The van der Waals surface area contributed by atoms with Gasteiger partial charge in [-0.3, -0.25) is 4.79 Å². The maximum Gasteiger partial charge on any atom is 0.242 e. The molecule has 0 saturated carbocycles. The molecule has 1 aromatic heterocycles. The van der Waals surface area contributed by atoms with E-state index in [-0.39, 0.29) is 11.9 Å². The van der Waals surface area contributed by atoms with Gasteiger partial charge >= 0.3 is 0 Å². The van der Waals surface area contributed by atoms with Crippen LogP contribution in [0.4, 0.5) is 0 Å². The first-order valence-corrected chi connectivity index (χ1v) is 6.72. The van der Waals surface area contributed by atoms with E-state index in [1.54, 1.807) is 0 Å².